The Balaban J connectivity index is 0.000000119. The summed E-state index contributed by atoms with van der Waals surface area (Å²) in [6, 6.07) is 162. The lowest BCUT2D eigenvalue weighted by molar-refractivity contribution is 0.424. The minimum atomic E-state index is -1.43. The number of halogens is 3. The number of hydrogen-bond acceptors (Lipinski definition) is 10. The van der Waals surface area contributed by atoms with E-state index in [1.165, 1.54) is 61.7 Å². The van der Waals surface area contributed by atoms with Crippen LogP contribution in [0.4, 0.5) is 0 Å². The van der Waals surface area contributed by atoms with Crippen LogP contribution in [0.25, 0.3) is 180 Å². The van der Waals surface area contributed by atoms with E-state index in [0.717, 1.165) is 139 Å². The normalized spacial score (nSPS) is 11.9. The van der Waals surface area contributed by atoms with Crippen molar-refractivity contribution in [1.29, 1.82) is 0 Å². The first-order valence-corrected chi connectivity index (χ1v) is 47.9. The van der Waals surface area contributed by atoms with Gasteiger partial charge in [-0.3, -0.25) is 0 Å². The monoisotopic (exact) mass is 1880 g/mol. The van der Waals surface area contributed by atoms with Gasteiger partial charge in [0, 0.05) is 76.0 Å². The molecule has 15 heteroatoms. The van der Waals surface area contributed by atoms with E-state index in [1.807, 2.05) is 182 Å². The van der Waals surface area contributed by atoms with Gasteiger partial charge >= 0.3 is 14.2 Å². The summed E-state index contributed by atoms with van der Waals surface area (Å²) in [5.74, 6) is 2.12. The van der Waals surface area contributed by atoms with E-state index in [1.54, 1.807) is 24.3 Å². The molecule has 0 aliphatic heterocycles. The predicted octanol–water partition coefficient (Wildman–Crippen LogP) is 30.1. The van der Waals surface area contributed by atoms with Gasteiger partial charge in [0.05, 0.1) is 34.2 Å². The third-order valence-electron chi connectivity index (χ3n) is 25.6. The molecule has 18 aromatic carbocycles. The molecule has 21 aromatic rings. The highest BCUT2D eigenvalue weighted by atomic mass is 35.5. The first-order chi connectivity index (χ1) is 68.7. The highest BCUT2D eigenvalue weighted by Crippen LogP contribution is 2.51. The van der Waals surface area contributed by atoms with Gasteiger partial charge in [-0.25, -0.2) is 29.9 Å². The Morgan fingerprint density at radius 3 is 0.702 bits per heavy atom. The fourth-order valence-corrected chi connectivity index (χ4v) is 18.9. The fourth-order valence-electron chi connectivity index (χ4n) is 18.3. The third kappa shape index (κ3) is 21.7. The van der Waals surface area contributed by atoms with Gasteiger partial charge in [-0.15, -0.1) is 0 Å². The van der Waals surface area contributed by atoms with Gasteiger partial charge in [0.25, 0.3) is 0 Å². The Morgan fingerprint density at radius 1 is 0.170 bits per heavy atom. The first kappa shape index (κ1) is 94.0. The summed E-state index contributed by atoms with van der Waals surface area (Å²) in [6.07, 6.45) is 0. The molecule has 3 aromatic heterocycles. The molecule has 23 rings (SSSR count). The van der Waals surface area contributed by atoms with Crippen molar-refractivity contribution < 1.29 is 20.1 Å². The van der Waals surface area contributed by atoms with Crippen molar-refractivity contribution in [3.63, 3.8) is 0 Å². The quantitative estimate of drug-likeness (QED) is 0.0686. The van der Waals surface area contributed by atoms with Crippen molar-refractivity contribution in [3.05, 3.63) is 517 Å². The molecule has 0 amide bonds. The lowest BCUT2D eigenvalue weighted by Gasteiger charge is -2.22. The van der Waals surface area contributed by atoms with Crippen LogP contribution in [0.15, 0.2) is 479 Å². The summed E-state index contributed by atoms with van der Waals surface area (Å²) in [4.78, 5) is 29.9. The minimum absolute atomic E-state index is 0.0230. The molecular weight excluding hydrogens is 1790 g/mol. The largest absolute Gasteiger partial charge is 0.488 e. The minimum Gasteiger partial charge on any atom is -0.423 e. The second-order valence-corrected chi connectivity index (χ2v) is 37.0. The molecule has 0 unspecified atom stereocenters. The Labute approximate surface area is 838 Å². The number of rotatable bonds is 16. The Bertz CT molecular complexity index is 7870. The Hall–Kier alpha value is -16.0. The topological polar surface area (TPSA) is 158 Å². The van der Waals surface area contributed by atoms with Gasteiger partial charge < -0.3 is 20.1 Å². The number of hydrogen-bond donors (Lipinski definition) is 4. The molecule has 2 aliphatic carbocycles. The second-order valence-electron chi connectivity index (χ2n) is 35.7. The zero-order valence-electron chi connectivity index (χ0n) is 77.9. The summed E-state index contributed by atoms with van der Waals surface area (Å²) in [5, 5.41) is 37.8. The maximum Gasteiger partial charge on any atom is 0.488 e. The molecule has 3 heterocycles. The smallest absolute Gasteiger partial charge is 0.423 e. The number of nitrogens with zero attached hydrogens (tertiary/aromatic N) is 6. The lowest BCUT2D eigenvalue weighted by Crippen LogP contribution is -2.30. The molecule has 0 spiro atoms. The standard InChI is InChI=1S/C43H32N2.C34H23ClN2.C28H19ClN2.C15H15BO2.C6H6BClO2/c1-43(2)38-22-10-9-21-36(38)37-24-23-34(27-39(37)43)32-18-11-17-31(25-32)33-19-12-20-35(26-33)42-44-40(29-13-5-3-6-14-29)28-41(45-42)30-15-7-4-8-16-30;35-31-19-9-17-29(22-31)27-15-7-14-26(20-27)28-16-8-18-30(21-28)34-36-32(24-10-3-1-4-11-24)23-33(37-34)25-12-5-2-6-13-25;29-25-16-8-14-23(18-25)22-13-7-15-24(17-22)28-30-26(20-9-3-1-4-10-20)19-27(31-28)21-11-5-2-6-12-21;1-15(2)13-6-4-3-5-11(13)12-9-10(16(17)18)7-8-14(12)15;8-6-3-1-2-5(4-6)7(9)10/h3-28H,1-2H3;1-23H;1-19H;3-9,17-18H,1-2H3;1-4,9-10H. The van der Waals surface area contributed by atoms with Crippen molar-refractivity contribution in [1.82, 2.24) is 29.9 Å². The SMILES string of the molecule is CC1(C)c2ccccc2-c2cc(B(O)O)ccc21.CC1(C)c2ccccc2-c2ccc(-c3cccc(-c4cccc(-c5nc(-c6ccccc6)cc(-c6ccccc6)n5)c4)c3)cc21.Clc1cccc(-c2cccc(-c3cccc(-c4nc(-c5ccccc5)cc(-c5ccccc5)n4)c3)c2)c1.Clc1cccc(-c2cccc(-c3nc(-c4ccccc4)cc(-c4ccccc4)n3)c2)c1.OB(O)c1cccc(Cl)c1. The average Bonchev–Trinajstić information content (AvgIpc) is 1.58. The summed E-state index contributed by atoms with van der Waals surface area (Å²) < 4.78 is 0. The maximum atomic E-state index is 9.29. The van der Waals surface area contributed by atoms with Gasteiger partial charge in [0.1, 0.15) is 0 Å². The third-order valence-corrected chi connectivity index (χ3v) is 26.3. The lowest BCUT2D eigenvalue weighted by atomic mass is 9.77. The first-order valence-electron chi connectivity index (χ1n) is 46.8. The van der Waals surface area contributed by atoms with E-state index < -0.39 is 14.2 Å². The molecule has 680 valence electrons. The van der Waals surface area contributed by atoms with Crippen molar-refractivity contribution in [2.45, 2.75) is 38.5 Å². The van der Waals surface area contributed by atoms with Crippen LogP contribution < -0.4 is 10.9 Å². The Morgan fingerprint density at radius 2 is 0.397 bits per heavy atom. The maximum absolute atomic E-state index is 9.29. The molecule has 4 N–H and O–H groups in total. The van der Waals surface area contributed by atoms with E-state index in [0.29, 0.717) is 33.4 Å². The number of fused-ring (bicyclic) bond motifs is 6. The molecule has 0 saturated heterocycles. The molecule has 0 fully saturated rings. The van der Waals surface area contributed by atoms with Gasteiger partial charge in [0.15, 0.2) is 17.5 Å². The van der Waals surface area contributed by atoms with Crippen LogP contribution in [0.3, 0.4) is 0 Å². The van der Waals surface area contributed by atoms with Crippen LogP contribution in [0.1, 0.15) is 49.9 Å². The summed E-state index contributed by atoms with van der Waals surface area (Å²) >= 11 is 18.0. The van der Waals surface area contributed by atoms with E-state index in [-0.39, 0.29) is 10.8 Å². The van der Waals surface area contributed by atoms with E-state index in [2.05, 4.69) is 295 Å². The second kappa shape index (κ2) is 42.6. The fraction of sp³-hybridized carbons (Fsp3) is 0.0476. The van der Waals surface area contributed by atoms with Gasteiger partial charge in [-0.2, -0.15) is 0 Å². The summed E-state index contributed by atoms with van der Waals surface area (Å²) in [7, 11) is -2.84. The van der Waals surface area contributed by atoms with Crippen molar-refractivity contribution >= 4 is 60.0 Å². The highest BCUT2D eigenvalue weighted by molar-refractivity contribution is 6.59. The van der Waals surface area contributed by atoms with Crippen molar-refractivity contribution in [2.75, 3.05) is 0 Å². The molecule has 141 heavy (non-hydrogen) atoms. The van der Waals surface area contributed by atoms with Crippen LogP contribution in [-0.2, 0) is 10.8 Å². The summed E-state index contributed by atoms with van der Waals surface area (Å²) in [6.45, 7) is 9.07. The van der Waals surface area contributed by atoms with Gasteiger partial charge in [0.2, 0.25) is 0 Å². The van der Waals surface area contributed by atoms with Crippen molar-refractivity contribution in [3.8, 4) is 180 Å². The number of benzene rings is 18. The van der Waals surface area contributed by atoms with Gasteiger partial charge in [-0.05, 0) is 202 Å². The molecule has 0 bridgehead atoms. The van der Waals surface area contributed by atoms with Crippen LogP contribution in [0, 0.1) is 0 Å². The van der Waals surface area contributed by atoms with E-state index in [4.69, 9.17) is 74.8 Å². The molecule has 0 saturated carbocycles. The van der Waals surface area contributed by atoms with E-state index in [9.17, 15) is 10.0 Å². The molecule has 0 atom stereocenters. The molecule has 2 aliphatic rings. The van der Waals surface area contributed by atoms with Gasteiger partial charge in [-0.1, -0.05) is 451 Å². The Kier molecular flexibility index (Phi) is 28.4. The zero-order valence-corrected chi connectivity index (χ0v) is 80.1. The highest BCUT2D eigenvalue weighted by Gasteiger charge is 2.37. The van der Waals surface area contributed by atoms with E-state index >= 15 is 0 Å². The van der Waals surface area contributed by atoms with Crippen molar-refractivity contribution in [2.24, 2.45) is 0 Å². The zero-order chi connectivity index (χ0) is 96.9. The molecular formula is C126H95B2Cl3N6O4. The van der Waals surface area contributed by atoms with Crippen LogP contribution in [0.2, 0.25) is 15.1 Å². The van der Waals surface area contributed by atoms with Crippen LogP contribution >= 0.6 is 34.8 Å². The molecule has 0 radical (unpaired) electrons. The summed E-state index contributed by atoms with van der Waals surface area (Å²) in [5.41, 5.74) is 37.3. The molecule has 10 nitrogen and oxygen atoms in total. The number of aromatic nitrogens is 6. The van der Waals surface area contributed by atoms with Crippen LogP contribution in [-0.4, -0.2) is 64.2 Å². The van der Waals surface area contributed by atoms with Crippen LogP contribution in [0.5, 0.6) is 0 Å². The average molecular weight is 1890 g/mol. The predicted molar refractivity (Wildman–Crippen MR) is 585 cm³/mol.